The molecule has 1 fully saturated rings. The van der Waals surface area contributed by atoms with Gasteiger partial charge in [-0.2, -0.15) is 0 Å². The number of nitrogens with one attached hydrogen (secondary N) is 1. The Balaban J connectivity index is 1.62. The number of ether oxygens (including phenoxy) is 2. The van der Waals surface area contributed by atoms with E-state index < -0.39 is 17.7 Å². The third-order valence-corrected chi connectivity index (χ3v) is 4.38. The number of methoxy groups -OCH3 is 2. The molecule has 0 spiro atoms. The Labute approximate surface area is 162 Å². The molecule has 1 aliphatic rings. The van der Waals surface area contributed by atoms with Crippen molar-refractivity contribution in [3.63, 3.8) is 0 Å². The van der Waals surface area contributed by atoms with Gasteiger partial charge in [0.25, 0.3) is 0 Å². The van der Waals surface area contributed by atoms with Crippen LogP contribution >= 0.6 is 0 Å². The number of para-hydroxylation sites is 1. The molecule has 2 aromatic rings. The summed E-state index contributed by atoms with van der Waals surface area (Å²) >= 11 is 0. The second-order valence-electron chi connectivity index (χ2n) is 6.14. The van der Waals surface area contributed by atoms with Gasteiger partial charge in [0.15, 0.2) is 11.5 Å². The molecular weight excluding hydrogens is 362 g/mol. The predicted molar refractivity (Wildman–Crippen MR) is 104 cm³/mol. The van der Waals surface area contributed by atoms with Crippen LogP contribution in [-0.4, -0.2) is 56.5 Å². The average molecular weight is 383 g/mol. The molecule has 0 aromatic heterocycles. The summed E-state index contributed by atoms with van der Waals surface area (Å²) < 4.78 is 10.4. The zero-order valence-electron chi connectivity index (χ0n) is 15.7. The van der Waals surface area contributed by atoms with Crippen LogP contribution in [0.15, 0.2) is 48.5 Å². The second-order valence-corrected chi connectivity index (χ2v) is 6.14. The molecule has 0 saturated carbocycles. The van der Waals surface area contributed by atoms with E-state index >= 15 is 0 Å². The van der Waals surface area contributed by atoms with E-state index in [1.807, 2.05) is 6.07 Å². The molecule has 0 atom stereocenters. The van der Waals surface area contributed by atoms with Gasteiger partial charge in [-0.15, -0.1) is 0 Å². The van der Waals surface area contributed by atoms with Crippen LogP contribution in [0.1, 0.15) is 0 Å². The number of carbonyl (C=O) groups excluding carboxylic acids is 3. The van der Waals surface area contributed by atoms with Crippen LogP contribution in [0.3, 0.4) is 0 Å². The van der Waals surface area contributed by atoms with Gasteiger partial charge in [-0.25, -0.2) is 0 Å². The Morgan fingerprint density at radius 2 is 1.68 bits per heavy atom. The van der Waals surface area contributed by atoms with Crippen LogP contribution in [0.2, 0.25) is 0 Å². The lowest BCUT2D eigenvalue weighted by molar-refractivity contribution is -0.147. The van der Waals surface area contributed by atoms with Crippen LogP contribution in [0, 0.1) is 0 Å². The van der Waals surface area contributed by atoms with Crippen molar-refractivity contribution < 1.29 is 23.9 Å². The molecule has 8 heteroatoms. The number of nitrogens with zero attached hydrogens (tertiary/aromatic N) is 2. The van der Waals surface area contributed by atoms with Crippen molar-refractivity contribution in [2.45, 2.75) is 0 Å². The molecule has 3 rings (SSSR count). The molecular formula is C20H21N3O5. The Bertz CT molecular complexity index is 885. The zero-order valence-corrected chi connectivity index (χ0v) is 15.7. The maximum Gasteiger partial charge on any atom is 0.316 e. The topological polar surface area (TPSA) is 88.2 Å². The second kappa shape index (κ2) is 8.43. The van der Waals surface area contributed by atoms with Gasteiger partial charge in [0.2, 0.25) is 5.91 Å². The smallest absolute Gasteiger partial charge is 0.316 e. The summed E-state index contributed by atoms with van der Waals surface area (Å²) in [6, 6.07) is 13.9. The van der Waals surface area contributed by atoms with Gasteiger partial charge in [0.1, 0.15) is 6.54 Å². The highest BCUT2D eigenvalue weighted by atomic mass is 16.5. The molecule has 1 saturated heterocycles. The molecule has 0 aliphatic carbocycles. The van der Waals surface area contributed by atoms with Crippen LogP contribution in [0.4, 0.5) is 11.4 Å². The van der Waals surface area contributed by atoms with Crippen molar-refractivity contribution in [3.05, 3.63) is 48.5 Å². The van der Waals surface area contributed by atoms with Gasteiger partial charge in [0.05, 0.1) is 14.2 Å². The van der Waals surface area contributed by atoms with Gasteiger partial charge in [-0.3, -0.25) is 14.4 Å². The van der Waals surface area contributed by atoms with E-state index in [1.165, 1.54) is 24.0 Å². The highest BCUT2D eigenvalue weighted by Gasteiger charge is 2.34. The Morgan fingerprint density at radius 1 is 0.964 bits per heavy atom. The number of hydrogen-bond donors (Lipinski definition) is 1. The lowest BCUT2D eigenvalue weighted by Crippen LogP contribution is -2.56. The third-order valence-electron chi connectivity index (χ3n) is 4.38. The van der Waals surface area contributed by atoms with Crippen molar-refractivity contribution in [3.8, 4) is 11.5 Å². The van der Waals surface area contributed by atoms with Crippen LogP contribution in [0.5, 0.6) is 11.5 Å². The fraction of sp³-hybridized carbons (Fsp3) is 0.250. The molecule has 0 radical (unpaired) electrons. The molecule has 28 heavy (non-hydrogen) atoms. The number of hydrogen-bond acceptors (Lipinski definition) is 5. The van der Waals surface area contributed by atoms with Crippen molar-refractivity contribution >= 4 is 29.1 Å². The number of carbonyl (C=O) groups is 3. The first-order valence-corrected chi connectivity index (χ1v) is 8.71. The van der Waals surface area contributed by atoms with E-state index in [0.717, 1.165) is 0 Å². The largest absolute Gasteiger partial charge is 0.493 e. The number of rotatable bonds is 6. The normalized spacial score (nSPS) is 14.1. The molecule has 2 aromatic carbocycles. The SMILES string of the molecule is COc1ccc(NC(=O)CN2CCN(c3ccccc3)C(=O)C2=O)cc1OC. The fourth-order valence-corrected chi connectivity index (χ4v) is 2.97. The minimum absolute atomic E-state index is 0.207. The summed E-state index contributed by atoms with van der Waals surface area (Å²) in [6.07, 6.45) is 0. The molecule has 146 valence electrons. The first-order chi connectivity index (χ1) is 13.5. The maximum atomic E-state index is 12.4. The van der Waals surface area contributed by atoms with E-state index in [-0.39, 0.29) is 13.1 Å². The highest BCUT2D eigenvalue weighted by Crippen LogP contribution is 2.29. The Morgan fingerprint density at radius 3 is 2.36 bits per heavy atom. The average Bonchev–Trinajstić information content (AvgIpc) is 2.72. The van der Waals surface area contributed by atoms with Crippen molar-refractivity contribution in [2.24, 2.45) is 0 Å². The summed E-state index contributed by atoms with van der Waals surface area (Å²) in [7, 11) is 3.02. The zero-order chi connectivity index (χ0) is 20.1. The van der Waals surface area contributed by atoms with Crippen molar-refractivity contribution in [2.75, 3.05) is 44.1 Å². The van der Waals surface area contributed by atoms with E-state index in [1.54, 1.807) is 42.5 Å². The predicted octanol–water partition coefficient (Wildman–Crippen LogP) is 1.52. The molecule has 1 N–H and O–H groups in total. The monoisotopic (exact) mass is 383 g/mol. The first kappa shape index (κ1) is 19.2. The molecule has 3 amide bonds. The van der Waals surface area contributed by atoms with Gasteiger partial charge in [-0.1, -0.05) is 18.2 Å². The van der Waals surface area contributed by atoms with Gasteiger partial charge < -0.3 is 24.6 Å². The summed E-state index contributed by atoms with van der Waals surface area (Å²) in [5.74, 6) is -0.725. The van der Waals surface area contributed by atoms with Gasteiger partial charge in [0, 0.05) is 30.5 Å². The highest BCUT2D eigenvalue weighted by molar-refractivity contribution is 6.41. The molecule has 1 heterocycles. The number of amides is 3. The fourth-order valence-electron chi connectivity index (χ4n) is 2.97. The Kier molecular flexibility index (Phi) is 5.78. The number of benzene rings is 2. The Hall–Kier alpha value is -3.55. The standard InChI is InChI=1S/C20H21N3O5/c1-27-16-9-8-14(12-17(16)28-2)21-18(24)13-22-10-11-23(20(26)19(22)25)15-6-4-3-5-7-15/h3-9,12H,10-11,13H2,1-2H3,(H,21,24). The lowest BCUT2D eigenvalue weighted by atomic mass is 10.2. The van der Waals surface area contributed by atoms with E-state index in [2.05, 4.69) is 5.32 Å². The van der Waals surface area contributed by atoms with Crippen molar-refractivity contribution in [1.82, 2.24) is 4.90 Å². The van der Waals surface area contributed by atoms with Gasteiger partial charge in [-0.05, 0) is 24.3 Å². The molecule has 8 nitrogen and oxygen atoms in total. The van der Waals surface area contributed by atoms with Crippen LogP contribution in [-0.2, 0) is 14.4 Å². The number of piperazine rings is 1. The minimum atomic E-state index is -0.697. The molecule has 0 bridgehead atoms. The summed E-state index contributed by atoms with van der Waals surface area (Å²) in [5, 5.41) is 2.70. The summed E-state index contributed by atoms with van der Waals surface area (Å²) in [5.41, 5.74) is 1.17. The van der Waals surface area contributed by atoms with Gasteiger partial charge >= 0.3 is 11.8 Å². The van der Waals surface area contributed by atoms with Crippen LogP contribution in [0.25, 0.3) is 0 Å². The van der Waals surface area contributed by atoms with E-state index in [0.29, 0.717) is 29.4 Å². The van der Waals surface area contributed by atoms with E-state index in [4.69, 9.17) is 9.47 Å². The summed E-state index contributed by atoms with van der Waals surface area (Å²) in [6.45, 7) is 0.401. The quantitative estimate of drug-likeness (QED) is 0.764. The van der Waals surface area contributed by atoms with E-state index in [9.17, 15) is 14.4 Å². The molecule has 1 aliphatic heterocycles. The lowest BCUT2D eigenvalue weighted by Gasteiger charge is -2.33. The summed E-state index contributed by atoms with van der Waals surface area (Å²) in [4.78, 5) is 39.8. The number of anilines is 2. The van der Waals surface area contributed by atoms with Crippen LogP contribution < -0.4 is 19.7 Å². The molecule has 0 unspecified atom stereocenters. The third kappa shape index (κ3) is 4.06. The van der Waals surface area contributed by atoms with Crippen molar-refractivity contribution in [1.29, 1.82) is 0 Å². The maximum absolute atomic E-state index is 12.4. The minimum Gasteiger partial charge on any atom is -0.493 e. The first-order valence-electron chi connectivity index (χ1n) is 8.71.